The van der Waals surface area contributed by atoms with E-state index in [1.165, 1.54) is 0 Å². The Kier molecular flexibility index (Phi) is 9.89. The Morgan fingerprint density at radius 1 is 1.05 bits per heavy atom. The van der Waals surface area contributed by atoms with Gasteiger partial charge in [-0.15, -0.1) is 0 Å². The molecule has 44 heavy (non-hydrogen) atoms. The lowest BCUT2D eigenvalue weighted by Crippen LogP contribution is -2.70. The molecule has 4 aliphatic heterocycles. The summed E-state index contributed by atoms with van der Waals surface area (Å²) in [5.74, 6) is -1.28. The first-order valence-electron chi connectivity index (χ1n) is 16.1. The van der Waals surface area contributed by atoms with Gasteiger partial charge in [0.2, 0.25) is 23.9 Å². The molecule has 4 heterocycles. The van der Waals surface area contributed by atoms with Crippen LogP contribution >= 0.6 is 0 Å². The number of phenolic OH excluding ortho intramolecular Hbond substituents is 1. The summed E-state index contributed by atoms with van der Waals surface area (Å²) < 4.78 is 18.4. The average molecular weight is 617 g/mol. The number of rotatable bonds is 11. The van der Waals surface area contributed by atoms with Crippen molar-refractivity contribution < 1.29 is 43.5 Å². The lowest BCUT2D eigenvalue weighted by molar-refractivity contribution is -0.576. The van der Waals surface area contributed by atoms with E-state index < -0.39 is 41.9 Å². The Morgan fingerprint density at radius 2 is 1.80 bits per heavy atom. The molecule has 5 fully saturated rings. The first-order valence-corrected chi connectivity index (χ1v) is 16.1. The number of esters is 1. The second kappa shape index (κ2) is 13.3. The van der Waals surface area contributed by atoms with Crippen LogP contribution in [0, 0.1) is 29.6 Å². The molecular formula is C33H48N2O9. The summed E-state index contributed by atoms with van der Waals surface area (Å²) in [5.41, 5.74) is 0.231. The van der Waals surface area contributed by atoms with Crippen LogP contribution < -0.4 is 10.6 Å². The number of carbonyl (C=O) groups is 3. The Balaban J connectivity index is 1.13. The fourth-order valence-corrected chi connectivity index (χ4v) is 7.50. The zero-order valence-corrected chi connectivity index (χ0v) is 26.5. The summed E-state index contributed by atoms with van der Waals surface area (Å²) in [6.45, 7) is 10.4. The maximum atomic E-state index is 13.0. The van der Waals surface area contributed by atoms with E-state index in [1.54, 1.807) is 24.3 Å². The highest BCUT2D eigenvalue weighted by atomic mass is 17.3. The van der Waals surface area contributed by atoms with E-state index in [-0.39, 0.29) is 48.2 Å². The molecule has 0 unspecified atom stereocenters. The van der Waals surface area contributed by atoms with Crippen LogP contribution in [0.5, 0.6) is 5.75 Å². The summed E-state index contributed by atoms with van der Waals surface area (Å²) in [4.78, 5) is 50.7. The molecule has 2 amide bonds. The van der Waals surface area contributed by atoms with Crippen LogP contribution in [0.4, 0.5) is 0 Å². The minimum absolute atomic E-state index is 0.0237. The molecule has 3 N–H and O–H groups in total. The third-order valence-electron chi connectivity index (χ3n) is 9.91. The molecule has 244 valence electrons. The number of phenols is 1. The third-order valence-corrected chi connectivity index (χ3v) is 9.91. The maximum absolute atomic E-state index is 13.0. The smallest absolute Gasteiger partial charge is 0.308 e. The van der Waals surface area contributed by atoms with Crippen molar-refractivity contribution in [2.24, 2.45) is 29.6 Å². The number of carbonyl (C=O) groups excluding carboxylic acids is 3. The van der Waals surface area contributed by atoms with Crippen molar-refractivity contribution in [3.63, 3.8) is 0 Å². The van der Waals surface area contributed by atoms with Crippen molar-refractivity contribution >= 4 is 17.8 Å². The second-order valence-corrected chi connectivity index (χ2v) is 13.7. The monoisotopic (exact) mass is 616 g/mol. The van der Waals surface area contributed by atoms with Crippen molar-refractivity contribution in [1.82, 2.24) is 10.6 Å². The Bertz CT molecular complexity index is 1190. The van der Waals surface area contributed by atoms with E-state index in [0.29, 0.717) is 31.7 Å². The molecule has 1 aromatic rings. The van der Waals surface area contributed by atoms with E-state index >= 15 is 0 Å². The summed E-state index contributed by atoms with van der Waals surface area (Å²) >= 11 is 0. The molecule has 0 aromatic heterocycles. The number of hydrogen-bond donors (Lipinski definition) is 3. The van der Waals surface area contributed by atoms with Crippen LogP contribution in [0.1, 0.15) is 85.1 Å². The van der Waals surface area contributed by atoms with Crippen LogP contribution in [0.15, 0.2) is 24.3 Å². The number of ether oxygens (including phenoxy) is 3. The summed E-state index contributed by atoms with van der Waals surface area (Å²) in [7, 11) is 0. The van der Waals surface area contributed by atoms with Crippen LogP contribution in [-0.2, 0) is 44.8 Å². The van der Waals surface area contributed by atoms with Gasteiger partial charge in [-0.25, -0.2) is 9.78 Å². The first-order chi connectivity index (χ1) is 20.9. The van der Waals surface area contributed by atoms with Gasteiger partial charge in [0, 0.05) is 31.2 Å². The number of amides is 2. The minimum Gasteiger partial charge on any atom is -0.508 e. The highest BCUT2D eigenvalue weighted by Gasteiger charge is 2.69. The third kappa shape index (κ3) is 6.90. The van der Waals surface area contributed by atoms with Crippen molar-refractivity contribution in [1.29, 1.82) is 0 Å². The summed E-state index contributed by atoms with van der Waals surface area (Å²) in [6, 6.07) is 6.09. The average Bonchev–Trinajstić information content (AvgIpc) is 3.20. The topological polar surface area (TPSA) is 142 Å². The predicted octanol–water partition coefficient (Wildman–Crippen LogP) is 4.11. The van der Waals surface area contributed by atoms with Gasteiger partial charge in [0.25, 0.3) is 0 Å². The number of aromatic hydroxyl groups is 1. The van der Waals surface area contributed by atoms with E-state index in [9.17, 15) is 19.5 Å². The van der Waals surface area contributed by atoms with Gasteiger partial charge in [-0.2, -0.15) is 0 Å². The molecule has 4 saturated heterocycles. The predicted molar refractivity (Wildman–Crippen MR) is 158 cm³/mol. The molecule has 9 atom stereocenters. The quantitative estimate of drug-likeness (QED) is 0.247. The highest BCUT2D eigenvalue weighted by Crippen LogP contribution is 2.60. The van der Waals surface area contributed by atoms with Crippen LogP contribution in [0.2, 0.25) is 0 Å². The number of hydrogen-bond acceptors (Lipinski definition) is 9. The number of benzene rings is 1. The fraction of sp³-hybridized carbons (Fsp3) is 0.727. The van der Waals surface area contributed by atoms with Gasteiger partial charge < -0.3 is 30.0 Å². The second-order valence-electron chi connectivity index (χ2n) is 13.7. The standard InChI is InChI=1S/C33H48N2O9/c1-19(2)18-26(29(39)34-17-15-22-7-9-23(36)10-8-22)35-27(37)12-13-28(38)40-30-21(4)25-11-6-20(3)24-14-16-32(5)42-31(41-30)33(24,25)44-43-32/h7-10,19-21,24-26,30-31,36H,6,11-18H2,1-5H3,(H,34,39)(H,35,37)/t20-,21-,24+,25+,26+,30-,31+,32+,33-/m1/s1. The van der Waals surface area contributed by atoms with Crippen LogP contribution in [0.25, 0.3) is 0 Å². The van der Waals surface area contributed by atoms with E-state index in [0.717, 1.165) is 24.8 Å². The van der Waals surface area contributed by atoms with Crippen molar-refractivity contribution in [2.75, 3.05) is 6.54 Å². The molecule has 5 aliphatic rings. The van der Waals surface area contributed by atoms with Gasteiger partial charge >= 0.3 is 5.97 Å². The number of fused-ring (bicyclic) bond motifs is 2. The maximum Gasteiger partial charge on any atom is 0.308 e. The first kappa shape index (κ1) is 32.7. The lowest BCUT2D eigenvalue weighted by atomic mass is 9.58. The lowest BCUT2D eigenvalue weighted by Gasteiger charge is -2.59. The molecular weight excluding hydrogens is 568 g/mol. The van der Waals surface area contributed by atoms with Crippen molar-refractivity contribution in [2.45, 2.75) is 116 Å². The Labute approximate surface area is 259 Å². The van der Waals surface area contributed by atoms with Crippen LogP contribution in [0.3, 0.4) is 0 Å². The van der Waals surface area contributed by atoms with Gasteiger partial charge in [0.1, 0.15) is 11.8 Å². The molecule has 1 saturated carbocycles. The molecule has 1 spiro atoms. The Hall–Kier alpha value is -2.73. The van der Waals surface area contributed by atoms with Gasteiger partial charge in [0.05, 0.1) is 6.42 Å². The minimum atomic E-state index is -0.922. The van der Waals surface area contributed by atoms with Crippen molar-refractivity contribution in [3.8, 4) is 5.75 Å². The normalized spacial score (nSPS) is 34.9. The van der Waals surface area contributed by atoms with Gasteiger partial charge in [-0.1, -0.05) is 39.8 Å². The SMILES string of the molecule is CC(C)C[C@H](NC(=O)CCC(=O)O[C@@H]1O[C@H]2O[C@]3(C)CC[C@H]4[C@H](C)CC[C@@H]([C@H]1C)[C@@]24OO3)C(=O)NCCc1ccc(O)cc1. The van der Waals surface area contributed by atoms with Crippen LogP contribution in [-0.4, -0.2) is 59.4 Å². The number of nitrogens with one attached hydrogen (secondary N) is 2. The van der Waals surface area contributed by atoms with E-state index in [1.807, 2.05) is 27.7 Å². The molecule has 6 rings (SSSR count). The fourth-order valence-electron chi connectivity index (χ4n) is 7.50. The van der Waals surface area contributed by atoms with Crippen molar-refractivity contribution in [3.05, 3.63) is 29.8 Å². The zero-order chi connectivity index (χ0) is 31.6. The van der Waals surface area contributed by atoms with Gasteiger partial charge in [-0.3, -0.25) is 14.4 Å². The molecule has 1 aliphatic carbocycles. The molecule has 0 radical (unpaired) electrons. The van der Waals surface area contributed by atoms with E-state index in [2.05, 4.69) is 17.6 Å². The van der Waals surface area contributed by atoms with Gasteiger partial charge in [0.15, 0.2) is 11.9 Å². The van der Waals surface area contributed by atoms with E-state index in [4.69, 9.17) is 24.0 Å². The Morgan fingerprint density at radius 3 is 2.52 bits per heavy atom. The molecule has 11 heteroatoms. The summed E-state index contributed by atoms with van der Waals surface area (Å²) in [5, 5.41) is 15.1. The molecule has 2 bridgehead atoms. The van der Waals surface area contributed by atoms with Gasteiger partial charge in [-0.05, 0) is 74.5 Å². The molecule has 11 nitrogen and oxygen atoms in total. The largest absolute Gasteiger partial charge is 0.508 e. The molecule has 1 aromatic carbocycles. The zero-order valence-electron chi connectivity index (χ0n) is 26.5. The summed E-state index contributed by atoms with van der Waals surface area (Å²) in [6.07, 6.45) is 2.77. The highest BCUT2D eigenvalue weighted by molar-refractivity contribution is 5.88.